The van der Waals surface area contributed by atoms with Crippen molar-refractivity contribution in [3.05, 3.63) is 35.9 Å². The van der Waals surface area contributed by atoms with E-state index in [0.717, 1.165) is 12.0 Å². The standard InChI is InChI=1S/C18H22N4O3/c1-12(13-6-3-2-4-7-13)18(25)22-9-5-8-15(22)17(24)21-14(11-19)10-16(20)23/h2-4,6-7,12,14-15H,5,8-10H2,1H3,(H2,20,23)(H,21,24)/t12-,14+,15+/m1/s1. The smallest absolute Gasteiger partial charge is 0.243 e. The van der Waals surface area contributed by atoms with Crippen LogP contribution in [-0.4, -0.2) is 41.2 Å². The van der Waals surface area contributed by atoms with E-state index >= 15 is 0 Å². The molecule has 1 aliphatic heterocycles. The summed E-state index contributed by atoms with van der Waals surface area (Å²) in [6, 6.07) is 9.63. The second-order valence-electron chi connectivity index (χ2n) is 6.18. The first kappa shape index (κ1) is 18.5. The molecule has 1 fully saturated rings. The Balaban J connectivity index is 2.06. The van der Waals surface area contributed by atoms with Crippen LogP contribution in [0.1, 0.15) is 37.7 Å². The molecule has 1 saturated heterocycles. The van der Waals surface area contributed by atoms with Gasteiger partial charge in [-0.3, -0.25) is 14.4 Å². The van der Waals surface area contributed by atoms with Gasteiger partial charge in [-0.15, -0.1) is 0 Å². The number of nitrogens with one attached hydrogen (secondary N) is 1. The minimum Gasteiger partial charge on any atom is -0.370 e. The molecule has 25 heavy (non-hydrogen) atoms. The van der Waals surface area contributed by atoms with Crippen LogP contribution in [0.5, 0.6) is 0 Å². The van der Waals surface area contributed by atoms with Crippen molar-refractivity contribution in [1.82, 2.24) is 10.2 Å². The summed E-state index contributed by atoms with van der Waals surface area (Å²) in [7, 11) is 0. The highest BCUT2D eigenvalue weighted by Gasteiger charge is 2.36. The molecule has 7 nitrogen and oxygen atoms in total. The van der Waals surface area contributed by atoms with Crippen molar-refractivity contribution in [3.63, 3.8) is 0 Å². The van der Waals surface area contributed by atoms with E-state index in [-0.39, 0.29) is 18.2 Å². The Labute approximate surface area is 146 Å². The first-order valence-corrected chi connectivity index (χ1v) is 8.27. The average Bonchev–Trinajstić information content (AvgIpc) is 3.10. The molecule has 3 N–H and O–H groups in total. The van der Waals surface area contributed by atoms with Crippen LogP contribution in [0.15, 0.2) is 30.3 Å². The maximum absolute atomic E-state index is 12.8. The third kappa shape index (κ3) is 4.57. The highest BCUT2D eigenvalue weighted by atomic mass is 16.2. The number of likely N-dealkylation sites (tertiary alicyclic amines) is 1. The number of nitriles is 1. The molecular formula is C18H22N4O3. The van der Waals surface area contributed by atoms with E-state index in [2.05, 4.69) is 5.32 Å². The monoisotopic (exact) mass is 342 g/mol. The number of rotatable bonds is 6. The van der Waals surface area contributed by atoms with E-state index < -0.39 is 23.9 Å². The van der Waals surface area contributed by atoms with Gasteiger partial charge in [0.25, 0.3) is 0 Å². The van der Waals surface area contributed by atoms with Gasteiger partial charge in [-0.05, 0) is 25.3 Å². The van der Waals surface area contributed by atoms with Crippen LogP contribution in [0.2, 0.25) is 0 Å². The van der Waals surface area contributed by atoms with Crippen molar-refractivity contribution in [1.29, 1.82) is 5.26 Å². The normalized spacial score (nSPS) is 18.9. The molecule has 2 rings (SSSR count). The molecule has 3 atom stereocenters. The number of carbonyl (C=O) groups excluding carboxylic acids is 3. The van der Waals surface area contributed by atoms with Crippen LogP contribution in [0.25, 0.3) is 0 Å². The molecule has 0 spiro atoms. The first-order chi connectivity index (χ1) is 11.9. The van der Waals surface area contributed by atoms with E-state index in [4.69, 9.17) is 11.0 Å². The Morgan fingerprint density at radius 3 is 2.64 bits per heavy atom. The minimum atomic E-state index is -0.978. The van der Waals surface area contributed by atoms with Crippen LogP contribution >= 0.6 is 0 Å². The third-order valence-electron chi connectivity index (χ3n) is 4.39. The summed E-state index contributed by atoms with van der Waals surface area (Å²) >= 11 is 0. The summed E-state index contributed by atoms with van der Waals surface area (Å²) in [6.45, 7) is 2.32. The zero-order chi connectivity index (χ0) is 18.4. The lowest BCUT2D eigenvalue weighted by Gasteiger charge is -2.27. The number of hydrogen-bond acceptors (Lipinski definition) is 4. The van der Waals surface area contributed by atoms with Gasteiger partial charge in [0, 0.05) is 6.54 Å². The van der Waals surface area contributed by atoms with Gasteiger partial charge in [-0.2, -0.15) is 5.26 Å². The van der Waals surface area contributed by atoms with Gasteiger partial charge in [-0.1, -0.05) is 30.3 Å². The van der Waals surface area contributed by atoms with Gasteiger partial charge < -0.3 is 16.0 Å². The summed E-state index contributed by atoms with van der Waals surface area (Å²) in [5, 5.41) is 11.5. The molecule has 0 bridgehead atoms. The lowest BCUT2D eigenvalue weighted by Crippen LogP contribution is -2.50. The number of benzene rings is 1. The van der Waals surface area contributed by atoms with E-state index in [1.807, 2.05) is 43.3 Å². The number of primary amides is 1. The number of carbonyl (C=O) groups is 3. The fraction of sp³-hybridized carbons (Fsp3) is 0.444. The number of amides is 3. The molecule has 1 aromatic carbocycles. The summed E-state index contributed by atoms with van der Waals surface area (Å²) < 4.78 is 0. The largest absolute Gasteiger partial charge is 0.370 e. The topological polar surface area (TPSA) is 116 Å². The molecule has 132 valence electrons. The van der Waals surface area contributed by atoms with Gasteiger partial charge >= 0.3 is 0 Å². The molecule has 3 amide bonds. The quantitative estimate of drug-likeness (QED) is 0.790. The maximum atomic E-state index is 12.8. The van der Waals surface area contributed by atoms with Crippen molar-refractivity contribution in [2.24, 2.45) is 5.73 Å². The minimum absolute atomic E-state index is 0.118. The van der Waals surface area contributed by atoms with Crippen LogP contribution in [0.4, 0.5) is 0 Å². The summed E-state index contributed by atoms with van der Waals surface area (Å²) in [5.41, 5.74) is 5.96. The SMILES string of the molecule is C[C@@H](C(=O)N1CCC[C@H]1C(=O)N[C@H](C#N)CC(N)=O)c1ccccc1. The van der Waals surface area contributed by atoms with Gasteiger partial charge in [0.2, 0.25) is 17.7 Å². The van der Waals surface area contributed by atoms with Crippen molar-refractivity contribution < 1.29 is 14.4 Å². The summed E-state index contributed by atoms with van der Waals surface area (Å²) in [5.74, 6) is -1.55. The van der Waals surface area contributed by atoms with Crippen LogP contribution < -0.4 is 11.1 Å². The fourth-order valence-corrected chi connectivity index (χ4v) is 3.03. The maximum Gasteiger partial charge on any atom is 0.243 e. The van der Waals surface area contributed by atoms with E-state index in [1.54, 1.807) is 4.90 Å². The second kappa shape index (κ2) is 8.29. The molecule has 0 saturated carbocycles. The zero-order valence-corrected chi connectivity index (χ0v) is 14.1. The predicted molar refractivity (Wildman–Crippen MR) is 90.9 cm³/mol. The van der Waals surface area contributed by atoms with Gasteiger partial charge in [0.05, 0.1) is 18.4 Å². The number of hydrogen-bond donors (Lipinski definition) is 2. The predicted octanol–water partition coefficient (Wildman–Crippen LogP) is 0.665. The van der Waals surface area contributed by atoms with Gasteiger partial charge in [0.15, 0.2) is 0 Å². The first-order valence-electron chi connectivity index (χ1n) is 8.27. The Bertz CT molecular complexity index is 683. The van der Waals surface area contributed by atoms with Crippen LogP contribution in [-0.2, 0) is 14.4 Å². The molecule has 1 aromatic rings. The zero-order valence-electron chi connectivity index (χ0n) is 14.1. The number of nitrogens with zero attached hydrogens (tertiary/aromatic N) is 2. The molecule has 0 aromatic heterocycles. The Morgan fingerprint density at radius 2 is 2.04 bits per heavy atom. The fourth-order valence-electron chi connectivity index (χ4n) is 3.03. The van der Waals surface area contributed by atoms with E-state index in [0.29, 0.717) is 13.0 Å². The van der Waals surface area contributed by atoms with Crippen molar-refractivity contribution >= 4 is 17.7 Å². The molecule has 0 radical (unpaired) electrons. The Hall–Kier alpha value is -2.88. The number of nitrogens with two attached hydrogens (primary N) is 1. The van der Waals surface area contributed by atoms with E-state index in [9.17, 15) is 14.4 Å². The van der Waals surface area contributed by atoms with Crippen LogP contribution in [0, 0.1) is 11.3 Å². The Kier molecular flexibility index (Phi) is 6.12. The highest BCUT2D eigenvalue weighted by Crippen LogP contribution is 2.24. The summed E-state index contributed by atoms with van der Waals surface area (Å²) in [4.78, 5) is 37.8. The van der Waals surface area contributed by atoms with Crippen molar-refractivity contribution in [3.8, 4) is 6.07 Å². The molecule has 1 heterocycles. The molecular weight excluding hydrogens is 320 g/mol. The lowest BCUT2D eigenvalue weighted by atomic mass is 9.99. The van der Waals surface area contributed by atoms with Gasteiger partial charge in [0.1, 0.15) is 12.1 Å². The molecule has 1 aliphatic rings. The van der Waals surface area contributed by atoms with Gasteiger partial charge in [-0.25, -0.2) is 0 Å². The van der Waals surface area contributed by atoms with Crippen molar-refractivity contribution in [2.75, 3.05) is 6.54 Å². The summed E-state index contributed by atoms with van der Waals surface area (Å²) in [6.07, 6.45) is 1.01. The molecule has 0 unspecified atom stereocenters. The highest BCUT2D eigenvalue weighted by molar-refractivity contribution is 5.91. The Morgan fingerprint density at radius 1 is 1.36 bits per heavy atom. The molecule has 7 heteroatoms. The lowest BCUT2D eigenvalue weighted by molar-refractivity contribution is -0.139. The molecule has 0 aliphatic carbocycles. The second-order valence-corrected chi connectivity index (χ2v) is 6.18. The van der Waals surface area contributed by atoms with Crippen molar-refractivity contribution in [2.45, 2.75) is 44.2 Å². The van der Waals surface area contributed by atoms with E-state index in [1.165, 1.54) is 0 Å². The average molecular weight is 342 g/mol. The third-order valence-corrected chi connectivity index (χ3v) is 4.39. The van der Waals surface area contributed by atoms with Crippen LogP contribution in [0.3, 0.4) is 0 Å².